The fourth-order valence-corrected chi connectivity index (χ4v) is 3.62. The smallest absolute Gasteiger partial charge is 0.243 e. The molecule has 3 heterocycles. The second kappa shape index (κ2) is 4.93. The molecular weight excluding hydrogens is 288 g/mol. The Kier molecular flexibility index (Phi) is 2.85. The topological polar surface area (TPSA) is 58.0 Å². The highest BCUT2D eigenvalue weighted by Crippen LogP contribution is 2.39. The third-order valence-corrected chi connectivity index (χ3v) is 5.22. The lowest BCUT2D eigenvalue weighted by Gasteiger charge is -2.30. The van der Waals surface area contributed by atoms with Crippen molar-refractivity contribution in [3.8, 4) is 0 Å². The molecule has 0 radical (unpaired) electrons. The molecule has 23 heavy (non-hydrogen) atoms. The van der Waals surface area contributed by atoms with Crippen molar-refractivity contribution in [3.05, 3.63) is 47.2 Å². The summed E-state index contributed by atoms with van der Waals surface area (Å²) in [6, 6.07) is 8.73. The zero-order chi connectivity index (χ0) is 15.4. The standard InChI is InChI=1S/C18H20N4O/c1-11(18-20-17(21-23-18)12-6-7-12)22-9-8-14-13-4-2-3-5-15(13)19-16(14)10-22/h2-5,11-12,19H,6-10H2,1H3. The fourth-order valence-electron chi connectivity index (χ4n) is 3.62. The summed E-state index contributed by atoms with van der Waals surface area (Å²) in [5.41, 5.74) is 4.03. The first kappa shape index (κ1) is 13.3. The van der Waals surface area contributed by atoms with E-state index in [-0.39, 0.29) is 6.04 Å². The number of aromatic nitrogens is 3. The average molecular weight is 308 g/mol. The molecule has 1 unspecified atom stereocenters. The number of nitrogens with zero attached hydrogens (tertiary/aromatic N) is 3. The van der Waals surface area contributed by atoms with E-state index in [0.29, 0.717) is 5.92 Å². The Morgan fingerprint density at radius 2 is 2.17 bits per heavy atom. The van der Waals surface area contributed by atoms with Gasteiger partial charge in [0, 0.05) is 35.6 Å². The van der Waals surface area contributed by atoms with Gasteiger partial charge in [-0.2, -0.15) is 4.98 Å². The number of fused-ring (bicyclic) bond motifs is 3. The molecule has 5 heteroatoms. The third kappa shape index (κ3) is 2.18. The Hall–Kier alpha value is -2.14. The van der Waals surface area contributed by atoms with E-state index in [4.69, 9.17) is 4.52 Å². The number of para-hydroxylation sites is 1. The lowest BCUT2D eigenvalue weighted by molar-refractivity contribution is 0.156. The quantitative estimate of drug-likeness (QED) is 0.804. The van der Waals surface area contributed by atoms with E-state index in [9.17, 15) is 0 Å². The molecule has 0 spiro atoms. The SMILES string of the molecule is CC(c1nc(C2CC2)no1)N1CCc2c([nH]c3ccccc23)C1. The Morgan fingerprint density at radius 3 is 3.04 bits per heavy atom. The molecule has 1 atom stereocenters. The summed E-state index contributed by atoms with van der Waals surface area (Å²) in [7, 11) is 0. The number of hydrogen-bond donors (Lipinski definition) is 1. The maximum Gasteiger partial charge on any atom is 0.243 e. The van der Waals surface area contributed by atoms with Gasteiger partial charge in [0.2, 0.25) is 5.89 Å². The fraction of sp³-hybridized carbons (Fsp3) is 0.444. The van der Waals surface area contributed by atoms with Crippen LogP contribution in [-0.2, 0) is 13.0 Å². The van der Waals surface area contributed by atoms with Gasteiger partial charge in [-0.3, -0.25) is 4.90 Å². The van der Waals surface area contributed by atoms with Crippen molar-refractivity contribution >= 4 is 10.9 Å². The second-order valence-electron chi connectivity index (χ2n) is 6.79. The van der Waals surface area contributed by atoms with Crippen LogP contribution in [0, 0.1) is 0 Å². The van der Waals surface area contributed by atoms with Crippen molar-refractivity contribution in [1.29, 1.82) is 0 Å². The molecule has 5 rings (SSSR count). The summed E-state index contributed by atoms with van der Waals surface area (Å²) >= 11 is 0. The van der Waals surface area contributed by atoms with Crippen LogP contribution in [0.4, 0.5) is 0 Å². The van der Waals surface area contributed by atoms with Crippen molar-refractivity contribution in [1.82, 2.24) is 20.0 Å². The van der Waals surface area contributed by atoms with Gasteiger partial charge in [-0.25, -0.2) is 0 Å². The second-order valence-corrected chi connectivity index (χ2v) is 6.79. The molecule has 5 nitrogen and oxygen atoms in total. The predicted molar refractivity (Wildman–Crippen MR) is 87.1 cm³/mol. The van der Waals surface area contributed by atoms with Crippen LogP contribution in [0.5, 0.6) is 0 Å². The van der Waals surface area contributed by atoms with E-state index in [1.807, 2.05) is 0 Å². The van der Waals surface area contributed by atoms with Gasteiger partial charge in [-0.1, -0.05) is 23.4 Å². The number of benzene rings is 1. The minimum atomic E-state index is 0.162. The summed E-state index contributed by atoms with van der Waals surface area (Å²) in [5.74, 6) is 2.20. The zero-order valence-electron chi connectivity index (χ0n) is 13.2. The highest BCUT2D eigenvalue weighted by molar-refractivity contribution is 5.84. The Labute approximate surface area is 134 Å². The lowest BCUT2D eigenvalue weighted by atomic mass is 10.0. The molecule has 0 amide bonds. The number of hydrogen-bond acceptors (Lipinski definition) is 4. The van der Waals surface area contributed by atoms with E-state index < -0.39 is 0 Å². The van der Waals surface area contributed by atoms with Crippen molar-refractivity contribution in [2.24, 2.45) is 0 Å². The van der Waals surface area contributed by atoms with Gasteiger partial charge in [0.15, 0.2) is 5.82 Å². The summed E-state index contributed by atoms with van der Waals surface area (Å²) < 4.78 is 5.51. The first-order chi connectivity index (χ1) is 11.3. The number of H-pyrrole nitrogens is 1. The van der Waals surface area contributed by atoms with Crippen LogP contribution >= 0.6 is 0 Å². The van der Waals surface area contributed by atoms with Crippen LogP contribution < -0.4 is 0 Å². The zero-order valence-corrected chi connectivity index (χ0v) is 13.2. The number of nitrogens with one attached hydrogen (secondary N) is 1. The van der Waals surface area contributed by atoms with E-state index >= 15 is 0 Å². The van der Waals surface area contributed by atoms with Crippen LogP contribution in [0.2, 0.25) is 0 Å². The van der Waals surface area contributed by atoms with Crippen molar-refractivity contribution in [3.63, 3.8) is 0 Å². The van der Waals surface area contributed by atoms with E-state index in [2.05, 4.69) is 51.2 Å². The van der Waals surface area contributed by atoms with Crippen molar-refractivity contribution in [2.45, 2.75) is 44.7 Å². The summed E-state index contributed by atoms with van der Waals surface area (Å²) in [6.45, 7) is 4.10. The molecule has 0 saturated heterocycles. The molecule has 0 bridgehead atoms. The Bertz CT molecular complexity index is 861. The van der Waals surface area contributed by atoms with Gasteiger partial charge < -0.3 is 9.51 Å². The normalized spacial score (nSPS) is 19.9. The van der Waals surface area contributed by atoms with Crippen LogP contribution in [0.15, 0.2) is 28.8 Å². The number of rotatable bonds is 3. The van der Waals surface area contributed by atoms with Gasteiger partial charge >= 0.3 is 0 Å². The van der Waals surface area contributed by atoms with E-state index in [0.717, 1.165) is 31.2 Å². The molecule has 1 aliphatic heterocycles. The number of aromatic amines is 1. The average Bonchev–Trinajstić information content (AvgIpc) is 3.20. The van der Waals surface area contributed by atoms with Crippen LogP contribution in [-0.4, -0.2) is 26.6 Å². The highest BCUT2D eigenvalue weighted by Gasteiger charge is 2.32. The van der Waals surface area contributed by atoms with Gasteiger partial charge in [0.05, 0.1) is 6.04 Å². The predicted octanol–water partition coefficient (Wildman–Crippen LogP) is 3.55. The first-order valence-electron chi connectivity index (χ1n) is 8.45. The maximum atomic E-state index is 5.51. The van der Waals surface area contributed by atoms with Crippen molar-refractivity contribution in [2.75, 3.05) is 6.54 Å². The van der Waals surface area contributed by atoms with E-state index in [1.54, 1.807) is 0 Å². The molecule has 3 aromatic rings. The monoisotopic (exact) mass is 308 g/mol. The van der Waals surface area contributed by atoms with Gasteiger partial charge in [0.1, 0.15) is 0 Å². The van der Waals surface area contributed by atoms with Crippen LogP contribution in [0.3, 0.4) is 0 Å². The first-order valence-corrected chi connectivity index (χ1v) is 8.45. The maximum absolute atomic E-state index is 5.51. The highest BCUT2D eigenvalue weighted by atomic mass is 16.5. The van der Waals surface area contributed by atoms with E-state index in [1.165, 1.54) is 35.0 Å². The molecule has 2 aliphatic rings. The largest absolute Gasteiger partial charge is 0.357 e. The van der Waals surface area contributed by atoms with Crippen molar-refractivity contribution < 1.29 is 4.52 Å². The molecule has 1 fully saturated rings. The molecule has 1 aliphatic carbocycles. The molecular formula is C18H20N4O. The summed E-state index contributed by atoms with van der Waals surface area (Å²) in [6.07, 6.45) is 3.47. The van der Waals surface area contributed by atoms with Gasteiger partial charge in [-0.15, -0.1) is 0 Å². The van der Waals surface area contributed by atoms with Crippen LogP contribution in [0.1, 0.15) is 54.7 Å². The van der Waals surface area contributed by atoms with Gasteiger partial charge in [0.25, 0.3) is 0 Å². The Balaban J connectivity index is 1.41. The molecule has 118 valence electrons. The molecule has 2 aromatic heterocycles. The molecule has 1 saturated carbocycles. The minimum absolute atomic E-state index is 0.162. The molecule has 1 N–H and O–H groups in total. The van der Waals surface area contributed by atoms with Gasteiger partial charge in [-0.05, 0) is 37.8 Å². The summed E-state index contributed by atoms with van der Waals surface area (Å²) in [5, 5.41) is 5.52. The Morgan fingerprint density at radius 1 is 1.30 bits per heavy atom. The van der Waals surface area contributed by atoms with Crippen LogP contribution in [0.25, 0.3) is 10.9 Å². The lowest BCUT2D eigenvalue weighted by Crippen LogP contribution is -2.32. The third-order valence-electron chi connectivity index (χ3n) is 5.22. The summed E-state index contributed by atoms with van der Waals surface area (Å²) in [4.78, 5) is 10.6. The minimum Gasteiger partial charge on any atom is -0.357 e. The molecule has 1 aromatic carbocycles.